The van der Waals surface area contributed by atoms with Crippen LogP contribution in [0, 0.1) is 11.8 Å². The molecule has 7 rings (SSSR count). The van der Waals surface area contributed by atoms with Gasteiger partial charge in [-0.3, -0.25) is 9.88 Å². The fraction of sp³-hybridized carbons (Fsp3) is 0.300. The summed E-state index contributed by atoms with van der Waals surface area (Å²) >= 11 is 0. The van der Waals surface area contributed by atoms with Crippen molar-refractivity contribution in [3.8, 4) is 5.75 Å². The van der Waals surface area contributed by atoms with Gasteiger partial charge in [0.25, 0.3) is 0 Å². The molecule has 0 amide bonds. The Labute approximate surface area is 218 Å². The molecule has 5 atom stereocenters. The summed E-state index contributed by atoms with van der Waals surface area (Å²) in [7, 11) is -2.21. The van der Waals surface area contributed by atoms with E-state index in [1.54, 1.807) is 25.4 Å². The molecule has 3 saturated heterocycles. The van der Waals surface area contributed by atoms with Crippen LogP contribution in [-0.4, -0.2) is 44.5 Å². The minimum atomic E-state index is -3.85. The van der Waals surface area contributed by atoms with Crippen molar-refractivity contribution < 1.29 is 13.2 Å². The largest absolute Gasteiger partial charge is 0.497 e. The third kappa shape index (κ3) is 4.31. The second-order valence-electron chi connectivity index (χ2n) is 10.1. The molecule has 3 fully saturated rings. The number of nitrogens with one attached hydrogen (secondary N) is 1. The van der Waals surface area contributed by atoms with Crippen molar-refractivity contribution in [2.75, 3.05) is 20.2 Å². The molecule has 3 aliphatic heterocycles. The molecule has 3 aliphatic rings. The molecular formula is C30H31N3O3S. The minimum absolute atomic E-state index is 0.0245. The molecule has 3 unspecified atom stereocenters. The molecule has 0 radical (unpaired) electrons. The predicted octanol–water partition coefficient (Wildman–Crippen LogP) is 5.31. The molecule has 0 spiro atoms. The summed E-state index contributed by atoms with van der Waals surface area (Å²) in [5.41, 5.74) is 1.73. The van der Waals surface area contributed by atoms with Crippen LogP contribution in [0.5, 0.6) is 5.75 Å². The standard InChI is InChI=1S/C30H31N3O3S/c1-3-20-19-33-16-14-22(20)17-28(33)30(25-13-15-31-27-12-11-23(36-2)18-26(25)27)32-37(34,35)29-10-6-8-21-7-4-5-9-24(21)29/h3-13,15,18,20,22,28,30,32H,1,14,16-17,19H2,2H3/t20?,22?,28-,30-/m0/s1. The molecule has 1 aromatic heterocycles. The van der Waals surface area contributed by atoms with Gasteiger partial charge in [-0.25, -0.2) is 13.1 Å². The number of nitrogens with zero attached hydrogens (tertiary/aromatic N) is 2. The van der Waals surface area contributed by atoms with E-state index in [0.717, 1.165) is 58.9 Å². The van der Waals surface area contributed by atoms with Crippen molar-refractivity contribution >= 4 is 31.7 Å². The quantitative estimate of drug-likeness (QED) is 0.339. The molecule has 3 aromatic carbocycles. The Morgan fingerprint density at radius 2 is 1.95 bits per heavy atom. The number of ether oxygens (including phenoxy) is 1. The molecule has 4 heterocycles. The van der Waals surface area contributed by atoms with Gasteiger partial charge in [0.15, 0.2) is 0 Å². The molecule has 0 saturated carbocycles. The van der Waals surface area contributed by atoms with E-state index in [1.807, 2.05) is 54.6 Å². The van der Waals surface area contributed by atoms with Gasteiger partial charge in [-0.1, -0.05) is 42.5 Å². The summed E-state index contributed by atoms with van der Waals surface area (Å²) in [6.07, 6.45) is 5.86. The Balaban J connectivity index is 1.49. The van der Waals surface area contributed by atoms with Crippen molar-refractivity contribution in [2.24, 2.45) is 11.8 Å². The first kappa shape index (κ1) is 24.1. The third-order valence-corrected chi connectivity index (χ3v) is 9.68. The van der Waals surface area contributed by atoms with Gasteiger partial charge in [0.05, 0.1) is 23.6 Å². The molecule has 2 bridgehead atoms. The van der Waals surface area contributed by atoms with E-state index in [1.165, 1.54) is 0 Å². The Morgan fingerprint density at radius 1 is 1.11 bits per heavy atom. The van der Waals surface area contributed by atoms with E-state index >= 15 is 0 Å². The maximum atomic E-state index is 14.1. The molecule has 6 nitrogen and oxygen atoms in total. The second kappa shape index (κ2) is 9.56. The smallest absolute Gasteiger partial charge is 0.241 e. The number of aromatic nitrogens is 1. The molecule has 4 aromatic rings. The second-order valence-corrected chi connectivity index (χ2v) is 11.8. The summed E-state index contributed by atoms with van der Waals surface area (Å²) < 4.78 is 36.8. The molecule has 7 heteroatoms. The average Bonchev–Trinajstić information content (AvgIpc) is 2.95. The van der Waals surface area contributed by atoms with Gasteiger partial charge in [0, 0.05) is 29.6 Å². The Hall–Kier alpha value is -3.26. The van der Waals surface area contributed by atoms with Gasteiger partial charge >= 0.3 is 0 Å². The summed E-state index contributed by atoms with van der Waals surface area (Å²) in [6.45, 7) is 5.92. The first-order chi connectivity index (χ1) is 18.0. The number of hydrogen-bond acceptors (Lipinski definition) is 5. The van der Waals surface area contributed by atoms with Crippen LogP contribution < -0.4 is 9.46 Å². The number of sulfonamides is 1. The van der Waals surface area contributed by atoms with Gasteiger partial charge in [0.2, 0.25) is 10.0 Å². The maximum absolute atomic E-state index is 14.1. The van der Waals surface area contributed by atoms with E-state index in [2.05, 4.69) is 27.3 Å². The maximum Gasteiger partial charge on any atom is 0.241 e. The predicted molar refractivity (Wildman–Crippen MR) is 147 cm³/mol. The van der Waals surface area contributed by atoms with Crippen LogP contribution in [0.4, 0.5) is 0 Å². The number of benzene rings is 3. The van der Waals surface area contributed by atoms with Gasteiger partial charge in [-0.05, 0) is 72.5 Å². The van der Waals surface area contributed by atoms with Crippen LogP contribution in [0.15, 0.2) is 90.5 Å². The van der Waals surface area contributed by atoms with Gasteiger partial charge in [-0.2, -0.15) is 0 Å². The number of fused-ring (bicyclic) bond motifs is 5. The number of pyridine rings is 1. The van der Waals surface area contributed by atoms with E-state index in [9.17, 15) is 8.42 Å². The molecule has 190 valence electrons. The van der Waals surface area contributed by atoms with Gasteiger partial charge < -0.3 is 4.74 Å². The zero-order chi connectivity index (χ0) is 25.6. The number of rotatable bonds is 7. The lowest BCUT2D eigenvalue weighted by Crippen LogP contribution is -2.57. The van der Waals surface area contributed by atoms with Gasteiger partial charge in [-0.15, -0.1) is 6.58 Å². The van der Waals surface area contributed by atoms with Crippen molar-refractivity contribution in [3.05, 3.63) is 91.1 Å². The Bertz CT molecular complexity index is 1580. The minimum Gasteiger partial charge on any atom is -0.497 e. The molecule has 0 aliphatic carbocycles. The first-order valence-corrected chi connectivity index (χ1v) is 14.3. The number of piperidine rings is 3. The Kier molecular flexibility index (Phi) is 6.23. The van der Waals surface area contributed by atoms with Crippen LogP contribution in [-0.2, 0) is 10.0 Å². The van der Waals surface area contributed by atoms with E-state index in [-0.39, 0.29) is 6.04 Å². The van der Waals surface area contributed by atoms with Crippen molar-refractivity contribution in [2.45, 2.75) is 29.8 Å². The first-order valence-electron chi connectivity index (χ1n) is 12.8. The summed E-state index contributed by atoms with van der Waals surface area (Å²) in [5, 5.41) is 2.51. The highest BCUT2D eigenvalue weighted by Gasteiger charge is 2.44. The van der Waals surface area contributed by atoms with Crippen LogP contribution in [0.1, 0.15) is 24.4 Å². The van der Waals surface area contributed by atoms with Gasteiger partial charge in [0.1, 0.15) is 5.75 Å². The van der Waals surface area contributed by atoms with Crippen LogP contribution in [0.2, 0.25) is 0 Å². The normalized spacial score (nSPS) is 24.2. The summed E-state index contributed by atoms with van der Waals surface area (Å²) in [6, 6.07) is 20.3. The van der Waals surface area contributed by atoms with E-state index < -0.39 is 16.1 Å². The lowest BCUT2D eigenvalue weighted by atomic mass is 9.73. The fourth-order valence-corrected chi connectivity index (χ4v) is 7.76. The SMILES string of the molecule is C=CC1CN2CCC1C[C@H]2[C@@H](NS(=O)(=O)c1cccc2ccccc12)c1ccnc2ccc(OC)cc12. The van der Waals surface area contributed by atoms with Crippen molar-refractivity contribution in [1.82, 2.24) is 14.6 Å². The topological polar surface area (TPSA) is 71.5 Å². The lowest BCUT2D eigenvalue weighted by molar-refractivity contribution is 0.00490. The van der Waals surface area contributed by atoms with Crippen molar-refractivity contribution in [1.29, 1.82) is 0 Å². The zero-order valence-corrected chi connectivity index (χ0v) is 21.7. The molecule has 1 N–H and O–H groups in total. The van der Waals surface area contributed by atoms with Crippen LogP contribution >= 0.6 is 0 Å². The zero-order valence-electron chi connectivity index (χ0n) is 20.9. The third-order valence-electron chi connectivity index (χ3n) is 8.18. The summed E-state index contributed by atoms with van der Waals surface area (Å²) in [4.78, 5) is 7.29. The van der Waals surface area contributed by atoms with Crippen LogP contribution in [0.25, 0.3) is 21.7 Å². The fourth-order valence-electron chi connectivity index (χ4n) is 6.28. The molecular weight excluding hydrogens is 482 g/mol. The highest BCUT2D eigenvalue weighted by atomic mass is 32.2. The van der Waals surface area contributed by atoms with E-state index in [0.29, 0.717) is 16.7 Å². The number of hydrogen-bond donors (Lipinski definition) is 1. The number of methoxy groups -OCH3 is 1. The average molecular weight is 514 g/mol. The van der Waals surface area contributed by atoms with Crippen LogP contribution in [0.3, 0.4) is 0 Å². The van der Waals surface area contributed by atoms with E-state index in [4.69, 9.17) is 4.74 Å². The summed E-state index contributed by atoms with van der Waals surface area (Å²) in [5.74, 6) is 1.66. The molecule has 37 heavy (non-hydrogen) atoms. The monoisotopic (exact) mass is 513 g/mol. The Morgan fingerprint density at radius 3 is 2.73 bits per heavy atom. The lowest BCUT2D eigenvalue weighted by Gasteiger charge is -2.51. The highest BCUT2D eigenvalue weighted by molar-refractivity contribution is 7.89. The highest BCUT2D eigenvalue weighted by Crippen LogP contribution is 2.43. The van der Waals surface area contributed by atoms with Crippen molar-refractivity contribution in [3.63, 3.8) is 0 Å².